The summed E-state index contributed by atoms with van der Waals surface area (Å²) in [5.41, 5.74) is 0. The molecule has 0 spiro atoms. The molecule has 0 aromatic rings. The molecule has 0 unspecified atom stereocenters. The van der Waals surface area contributed by atoms with E-state index < -0.39 is 21.8 Å². The van der Waals surface area contributed by atoms with E-state index >= 15 is 0 Å². The number of carbonyl (C=O) groups is 1. The molecule has 0 aromatic carbocycles. The van der Waals surface area contributed by atoms with Gasteiger partial charge in [-0.1, -0.05) is 0 Å². The van der Waals surface area contributed by atoms with Gasteiger partial charge in [0.15, 0.2) is 0 Å². The van der Waals surface area contributed by atoms with E-state index in [0.29, 0.717) is 0 Å². The summed E-state index contributed by atoms with van der Waals surface area (Å²) in [5.74, 6) is 0. The second-order valence-corrected chi connectivity index (χ2v) is 3.74. The summed E-state index contributed by atoms with van der Waals surface area (Å²) in [7, 11) is -10.3. The monoisotopic (exact) mass is 386 g/mol. The Hall–Kier alpha value is 5.36. The molecule has 0 saturated carbocycles. The molecule has 9 nitrogen and oxygen atoms in total. The predicted molar refractivity (Wildman–Crippen MR) is 49.8 cm³/mol. The Bertz CT molecular complexity index is 263. The summed E-state index contributed by atoms with van der Waals surface area (Å²) >= 11 is 0. The first-order valence-corrected chi connectivity index (χ1v) is 5.20. The van der Waals surface area contributed by atoms with Crippen LogP contribution in [0.2, 0.25) is 0 Å². The average molecular weight is 386 g/mol. The quantitative estimate of drug-likeness (QED) is 0.268. The molecular formula is CH10Ca2K2O9P2. The Balaban J connectivity index is -0.0000000134. The van der Waals surface area contributed by atoms with Crippen molar-refractivity contribution in [2.75, 3.05) is 0 Å². The smallest absolute Gasteiger partial charge is 1.00 e. The molecule has 0 aliphatic rings. The molecule has 0 aliphatic carbocycles. The zero-order valence-electron chi connectivity index (χ0n) is 14.6. The minimum atomic E-state index is -5.13. The van der Waals surface area contributed by atoms with Crippen molar-refractivity contribution in [3.8, 4) is 0 Å². The number of rotatable bonds is 2. The van der Waals surface area contributed by atoms with Gasteiger partial charge in [-0.25, -0.2) is 13.9 Å². The van der Waals surface area contributed by atoms with Gasteiger partial charge in [0.05, 0.1) is 0 Å². The van der Waals surface area contributed by atoms with Crippen LogP contribution in [0.1, 0.15) is 8.56 Å². The Labute approximate surface area is 244 Å². The van der Waals surface area contributed by atoms with E-state index in [2.05, 4.69) is 9.05 Å². The van der Waals surface area contributed by atoms with Gasteiger partial charge in [-0.15, -0.1) is 0 Å². The molecule has 0 bridgehead atoms. The van der Waals surface area contributed by atoms with Crippen molar-refractivity contribution in [2.24, 2.45) is 0 Å². The van der Waals surface area contributed by atoms with Gasteiger partial charge < -0.3 is 17.6 Å². The van der Waals surface area contributed by atoms with E-state index in [1.807, 2.05) is 0 Å². The Morgan fingerprint density at radius 3 is 1.19 bits per heavy atom. The molecule has 4 N–H and O–H groups in total. The molecule has 84 valence electrons. The molecule has 0 atom stereocenters. The molecule has 0 aliphatic heterocycles. The van der Waals surface area contributed by atoms with Crippen LogP contribution in [0, 0.1) is 0 Å². The second-order valence-electron chi connectivity index (χ2n) is 1.41. The first kappa shape index (κ1) is 33.1. The van der Waals surface area contributed by atoms with Crippen LogP contribution in [0.15, 0.2) is 0 Å². The van der Waals surface area contributed by atoms with Crippen LogP contribution in [0.4, 0.5) is 4.79 Å². The molecule has 0 radical (unpaired) electrons. The summed E-state index contributed by atoms with van der Waals surface area (Å²) in [6.45, 7) is 0. The summed E-state index contributed by atoms with van der Waals surface area (Å²) < 4.78 is 25.9. The largest absolute Gasteiger partial charge is 2.00 e. The van der Waals surface area contributed by atoms with Crippen LogP contribution in [0.5, 0.6) is 0 Å². The molecule has 0 fully saturated rings. The van der Waals surface area contributed by atoms with E-state index in [-0.39, 0.29) is 187 Å². The van der Waals surface area contributed by atoms with Gasteiger partial charge in [-0.05, 0) is 0 Å². The normalized spacial score (nSPS) is 9.25. The van der Waals surface area contributed by atoms with Crippen molar-refractivity contribution in [2.45, 2.75) is 0 Å². The molecular weight excluding hydrogens is 376 g/mol. The Morgan fingerprint density at radius 2 is 1.06 bits per heavy atom. The minimum Gasteiger partial charge on any atom is -1.00 e. The Morgan fingerprint density at radius 1 is 0.875 bits per heavy atom. The van der Waals surface area contributed by atoms with Crippen LogP contribution in [0.3, 0.4) is 0 Å². The van der Waals surface area contributed by atoms with Crippen LogP contribution in [-0.2, 0) is 18.2 Å². The number of phosphoric ester groups is 2. The molecule has 0 aromatic heterocycles. The van der Waals surface area contributed by atoms with Gasteiger partial charge in [0.25, 0.3) is 0 Å². The van der Waals surface area contributed by atoms with Crippen molar-refractivity contribution in [1.29, 1.82) is 0 Å². The maximum atomic E-state index is 10.0. The Kier molecular flexibility index (Phi) is 31.6. The van der Waals surface area contributed by atoms with E-state index in [9.17, 15) is 13.9 Å². The predicted octanol–water partition coefficient (Wildman–Crippen LogP) is -6.75. The molecule has 0 saturated heterocycles. The van der Waals surface area contributed by atoms with Crippen molar-refractivity contribution >= 4 is 97.3 Å². The maximum absolute atomic E-state index is 10.0. The van der Waals surface area contributed by atoms with Crippen molar-refractivity contribution < 1.29 is 154 Å². The third kappa shape index (κ3) is 27.7. The van der Waals surface area contributed by atoms with Crippen LogP contribution in [-0.4, -0.2) is 101 Å². The fourth-order valence-electron chi connectivity index (χ4n) is 0.211. The minimum absolute atomic E-state index is 0. The maximum Gasteiger partial charge on any atom is 2.00 e. The summed E-state index contributed by atoms with van der Waals surface area (Å²) in [6, 6.07) is 0. The molecule has 15 heteroatoms. The van der Waals surface area contributed by atoms with Crippen molar-refractivity contribution in [3.63, 3.8) is 0 Å². The van der Waals surface area contributed by atoms with E-state index in [0.717, 1.165) is 0 Å². The van der Waals surface area contributed by atoms with Gasteiger partial charge in [0.2, 0.25) is 0 Å². The fraction of sp³-hybridized carbons (Fsp3) is 0. The van der Waals surface area contributed by atoms with E-state index in [4.69, 9.17) is 19.6 Å². The summed E-state index contributed by atoms with van der Waals surface area (Å²) in [4.78, 5) is 41.7. The first-order chi connectivity index (χ1) is 5.10. The first-order valence-electron chi connectivity index (χ1n) is 2.14. The zero-order valence-corrected chi connectivity index (χ0v) is 21.1. The van der Waals surface area contributed by atoms with Crippen molar-refractivity contribution in [1.82, 2.24) is 0 Å². The van der Waals surface area contributed by atoms with Gasteiger partial charge in [-0.2, -0.15) is 0 Å². The number of carbonyl (C=O) groups excluding carboxylic acids is 1. The third-order valence-electron chi connectivity index (χ3n) is 0.387. The number of phosphoric acid groups is 2. The van der Waals surface area contributed by atoms with Crippen LogP contribution < -0.4 is 103 Å². The van der Waals surface area contributed by atoms with Gasteiger partial charge >= 0.3 is 200 Å². The summed E-state index contributed by atoms with van der Waals surface area (Å²) in [6.07, 6.45) is -2.14. The van der Waals surface area contributed by atoms with E-state index in [1.165, 1.54) is 0 Å². The van der Waals surface area contributed by atoms with E-state index in [1.54, 1.807) is 0 Å². The van der Waals surface area contributed by atoms with Gasteiger partial charge in [-0.3, -0.25) is 19.6 Å². The standard InChI is InChI=1S/CH4O9P2.2Ca.2K.6H/c2-1(9-11(3,4)5)10-12(6,7)8;;;;;;;;;;/h(H2,3,4,5)(H2,6,7,8);;;;;;;;;;/q;2*+2;2*+1;6*-1. The molecule has 0 rings (SSSR count). The zero-order chi connectivity index (χ0) is 9.99. The van der Waals surface area contributed by atoms with Gasteiger partial charge in [0.1, 0.15) is 0 Å². The van der Waals surface area contributed by atoms with Crippen LogP contribution in [0.25, 0.3) is 0 Å². The molecule has 0 heterocycles. The average Bonchev–Trinajstić information content (AvgIpc) is 1.49. The van der Waals surface area contributed by atoms with Gasteiger partial charge in [0, 0.05) is 0 Å². The van der Waals surface area contributed by atoms with Crippen molar-refractivity contribution in [3.05, 3.63) is 0 Å². The molecule has 16 heavy (non-hydrogen) atoms. The topological polar surface area (TPSA) is 151 Å². The third-order valence-corrected chi connectivity index (χ3v) is 1.16. The number of hydrogen-bond donors (Lipinski definition) is 4. The fourth-order valence-corrected chi connectivity index (χ4v) is 0.733. The summed E-state index contributed by atoms with van der Waals surface area (Å²) in [5, 5.41) is 0. The SMILES string of the molecule is O=C(OP(=O)(O)O)OP(=O)(O)O.[Ca+2].[Ca+2].[H-].[H-].[H-].[H-].[H-].[H-].[K+].[K+]. The molecule has 0 amide bonds. The second kappa shape index (κ2) is 15.3. The number of hydrogen-bond acceptors (Lipinski definition) is 5. The van der Waals surface area contributed by atoms with Crippen LogP contribution >= 0.6 is 15.6 Å².